The maximum Gasteiger partial charge on any atom is 0.282 e. The van der Waals surface area contributed by atoms with Gasteiger partial charge in [-0.1, -0.05) is 91.0 Å². The number of halogens is 4. The van der Waals surface area contributed by atoms with Crippen LogP contribution < -0.4 is 15.9 Å². The number of nitrogens with zero attached hydrogens (tertiary/aromatic N) is 5. The summed E-state index contributed by atoms with van der Waals surface area (Å²) in [6.07, 6.45) is 0. The average Bonchev–Trinajstić information content (AvgIpc) is 3.64. The molecular weight excluding hydrogens is 576 g/mol. The van der Waals surface area contributed by atoms with Crippen molar-refractivity contribution in [3.63, 3.8) is 0 Å². The predicted molar refractivity (Wildman–Crippen MR) is 151 cm³/mol. The molecule has 0 unspecified atom stereocenters. The zero-order valence-corrected chi connectivity index (χ0v) is 23.7. The van der Waals surface area contributed by atoms with Crippen molar-refractivity contribution in [2.45, 2.75) is 0 Å². The van der Waals surface area contributed by atoms with Crippen LogP contribution in [-0.4, -0.2) is 17.8 Å². The maximum atomic E-state index is 7.20. The predicted octanol–water partition coefficient (Wildman–Crippen LogP) is 9.29. The molecule has 5 rings (SSSR count). The fourth-order valence-electron chi connectivity index (χ4n) is 3.62. The molecule has 0 saturated carbocycles. The van der Waals surface area contributed by atoms with E-state index in [0.29, 0.717) is 0 Å². The molecule has 2 aliphatic rings. The van der Waals surface area contributed by atoms with E-state index in [9.17, 15) is 0 Å². The van der Waals surface area contributed by atoms with Crippen molar-refractivity contribution in [1.82, 2.24) is 4.67 Å². The topological polar surface area (TPSA) is 52.4 Å². The fraction of sp³-hybridized carbons (Fsp3) is 0.100. The van der Waals surface area contributed by atoms with E-state index in [4.69, 9.17) is 54.0 Å². The normalized spacial score (nSPS) is 26.4. The Morgan fingerprint density at radius 2 is 1.06 bits per heavy atom. The van der Waals surface area contributed by atoms with Crippen LogP contribution in [0.15, 0.2) is 109 Å². The molecule has 1 fully saturated rings. The molecule has 0 bridgehead atoms. The number of rotatable bonds is 5. The van der Waals surface area contributed by atoms with Crippen LogP contribution in [0, 0.1) is 0 Å². The van der Waals surface area contributed by atoms with E-state index in [-0.39, 0.29) is 0 Å². The van der Waals surface area contributed by atoms with Gasteiger partial charge in [0.1, 0.15) is 0 Å². The molecule has 172 valence electrons. The van der Waals surface area contributed by atoms with Crippen LogP contribution in [0.3, 0.4) is 0 Å². The van der Waals surface area contributed by atoms with Crippen LogP contribution in [-0.2, 0) is 0 Å². The lowest BCUT2D eigenvalue weighted by Gasteiger charge is -2.30. The molecule has 3 aromatic rings. The van der Waals surface area contributed by atoms with Crippen molar-refractivity contribution in [2.24, 2.45) is 18.1 Å². The van der Waals surface area contributed by atoms with Gasteiger partial charge in [-0.25, -0.2) is 9.19 Å². The smallest absolute Gasteiger partial charge is 0.237 e. The lowest BCUT2D eigenvalue weighted by atomic mass is 10.4. The van der Waals surface area contributed by atoms with Crippen LogP contribution >= 0.6 is 71.3 Å². The number of benzene rings is 3. The summed E-state index contributed by atoms with van der Waals surface area (Å²) >= 11 is 27.3. The highest BCUT2D eigenvalue weighted by Crippen LogP contribution is 2.88. The van der Waals surface area contributed by atoms with Crippen molar-refractivity contribution in [3.05, 3.63) is 91.0 Å². The molecule has 0 N–H and O–H groups in total. The lowest BCUT2D eigenvalue weighted by Crippen LogP contribution is -2.25. The van der Waals surface area contributed by atoms with E-state index in [1.807, 2.05) is 59.3 Å². The van der Waals surface area contributed by atoms with Crippen molar-refractivity contribution in [2.75, 3.05) is 13.1 Å². The minimum absolute atomic E-state index is 0.783. The van der Waals surface area contributed by atoms with Gasteiger partial charge in [0, 0.05) is 29.0 Å². The second-order valence-electron chi connectivity index (χ2n) is 7.40. The minimum atomic E-state index is -3.27. The van der Waals surface area contributed by atoms with Gasteiger partial charge in [-0.15, -0.1) is 0 Å². The van der Waals surface area contributed by atoms with Crippen LogP contribution in [0.1, 0.15) is 0 Å². The summed E-state index contributed by atoms with van der Waals surface area (Å²) in [6, 6.07) is 30.4. The van der Waals surface area contributed by atoms with Gasteiger partial charge in [-0.2, -0.15) is 13.5 Å². The van der Waals surface area contributed by atoms with Gasteiger partial charge in [0.15, 0.2) is 0 Å². The summed E-state index contributed by atoms with van der Waals surface area (Å²) in [6.45, 7) is -4.55. The molecule has 2 aliphatic heterocycles. The van der Waals surface area contributed by atoms with Crippen molar-refractivity contribution < 1.29 is 0 Å². The van der Waals surface area contributed by atoms with Crippen molar-refractivity contribution in [3.8, 4) is 0 Å². The molecule has 5 nitrogen and oxygen atoms in total. The first-order valence-corrected chi connectivity index (χ1v) is 20.4. The van der Waals surface area contributed by atoms with E-state index in [0.717, 1.165) is 29.0 Å². The minimum Gasteiger partial charge on any atom is -0.237 e. The first kappa shape index (κ1) is 24.4. The van der Waals surface area contributed by atoms with Gasteiger partial charge in [0.2, 0.25) is 6.71 Å². The summed E-state index contributed by atoms with van der Waals surface area (Å²) in [7, 11) is -2.66. The summed E-state index contributed by atoms with van der Waals surface area (Å²) in [5.74, 6) is -3.14. The summed E-state index contributed by atoms with van der Waals surface area (Å²) in [5, 5.41) is 3.11. The van der Waals surface area contributed by atoms with Gasteiger partial charge in [0.25, 0.3) is 12.6 Å². The van der Waals surface area contributed by atoms with Gasteiger partial charge < -0.3 is 0 Å². The number of hydrogen-bond acceptors (Lipinski definition) is 5. The molecule has 0 aliphatic carbocycles. The Morgan fingerprint density at radius 1 is 0.636 bits per heavy atom. The summed E-state index contributed by atoms with van der Waals surface area (Å²) < 4.78 is 21.2. The van der Waals surface area contributed by atoms with Gasteiger partial charge in [-0.05, 0) is 45.0 Å². The molecule has 2 heterocycles. The zero-order valence-electron chi connectivity index (χ0n) is 17.1. The maximum absolute atomic E-state index is 7.20. The number of hydrogen-bond donors (Lipinski definition) is 0. The van der Waals surface area contributed by atoms with E-state index < -0.39 is 26.4 Å². The molecule has 0 amide bonds. The molecule has 13 heteroatoms. The average molecular weight is 595 g/mol. The Balaban J connectivity index is 1.93. The third-order valence-corrected chi connectivity index (χ3v) is 22.8. The molecular formula is C20H19Cl4N5P4. The van der Waals surface area contributed by atoms with E-state index in [1.54, 1.807) is 0 Å². The quantitative estimate of drug-likeness (QED) is 0.214. The molecule has 0 aromatic heterocycles. The van der Waals surface area contributed by atoms with Crippen molar-refractivity contribution >= 4 is 87.3 Å². The van der Waals surface area contributed by atoms with Crippen LogP contribution in [0.5, 0.6) is 0 Å². The third kappa shape index (κ3) is 5.01. The van der Waals surface area contributed by atoms with E-state index >= 15 is 0 Å². The Kier molecular flexibility index (Phi) is 6.87. The van der Waals surface area contributed by atoms with Crippen LogP contribution in [0.25, 0.3) is 0 Å². The Morgan fingerprint density at radius 3 is 1.45 bits per heavy atom. The third-order valence-electron chi connectivity index (χ3n) is 5.09. The first-order valence-electron chi connectivity index (χ1n) is 10.0. The second kappa shape index (κ2) is 9.29. The van der Waals surface area contributed by atoms with Gasteiger partial charge in [-0.3, -0.25) is 0 Å². The van der Waals surface area contributed by atoms with Gasteiger partial charge >= 0.3 is 0 Å². The standard InChI is InChI=1S/C20H19Cl4N5P4/c21-31(22)26-32(23,28-33(24,27-31)29-16-17-29)25-30(18-10-4-1-5-11-18,19-12-6-2-7-13-19)20-14-8-3-9-15-20/h1-15H,16-17H2/t32-,33-/m0/s1. The summed E-state index contributed by atoms with van der Waals surface area (Å²) in [5.41, 5.74) is 0. The first-order chi connectivity index (χ1) is 15.7. The SMILES string of the molecule is ClP1(Cl)=N[P@](Cl)(N2CC2)=N[P@@](Cl)(N=P(c2ccccc2)(c2ccccc2)c2ccccc2)=N1. The Labute approximate surface area is 213 Å². The highest BCUT2D eigenvalue weighted by atomic mass is 35.9. The highest BCUT2D eigenvalue weighted by Gasteiger charge is 2.43. The van der Waals surface area contributed by atoms with E-state index in [1.165, 1.54) is 0 Å². The second-order valence-corrected chi connectivity index (χ2v) is 22.6. The fourth-order valence-corrected chi connectivity index (χ4v) is 25.9. The lowest BCUT2D eigenvalue weighted by molar-refractivity contribution is 0.920. The Hall–Kier alpha value is -0.300. The molecule has 1 saturated heterocycles. The summed E-state index contributed by atoms with van der Waals surface area (Å²) in [4.78, 5) is 0. The largest absolute Gasteiger partial charge is 0.282 e. The highest BCUT2D eigenvalue weighted by molar-refractivity contribution is 8.18. The van der Waals surface area contributed by atoms with E-state index in [2.05, 4.69) is 45.4 Å². The van der Waals surface area contributed by atoms with Gasteiger partial charge in [0.05, 0.1) is 7.05 Å². The van der Waals surface area contributed by atoms with Crippen molar-refractivity contribution in [1.29, 1.82) is 0 Å². The molecule has 33 heavy (non-hydrogen) atoms. The van der Waals surface area contributed by atoms with Crippen LogP contribution in [0.2, 0.25) is 0 Å². The molecule has 0 radical (unpaired) electrons. The van der Waals surface area contributed by atoms with Crippen LogP contribution in [0.4, 0.5) is 0 Å². The zero-order chi connectivity index (χ0) is 23.2. The monoisotopic (exact) mass is 593 g/mol. The molecule has 2 atom stereocenters. The molecule has 3 aromatic carbocycles. The molecule has 0 spiro atoms. The Bertz CT molecular complexity index is 1300.